The summed E-state index contributed by atoms with van der Waals surface area (Å²) < 4.78 is 43.9. The minimum absolute atomic E-state index is 0.173. The fourth-order valence-corrected chi connectivity index (χ4v) is 1.89. The maximum atomic E-state index is 13.0. The molecule has 0 saturated carbocycles. The number of nitrogens with two attached hydrogens (primary N) is 1. The summed E-state index contributed by atoms with van der Waals surface area (Å²) in [5.41, 5.74) is 4.07. The summed E-state index contributed by atoms with van der Waals surface area (Å²) in [5.74, 6) is -0.481. The number of hydrogen-bond donors (Lipinski definition) is 2. The van der Waals surface area contributed by atoms with Crippen molar-refractivity contribution in [2.24, 2.45) is 5.73 Å². The van der Waals surface area contributed by atoms with Gasteiger partial charge in [-0.1, -0.05) is 21.1 Å². The van der Waals surface area contributed by atoms with Crippen molar-refractivity contribution in [2.75, 3.05) is 6.54 Å². The van der Waals surface area contributed by atoms with E-state index in [0.29, 0.717) is 0 Å². The van der Waals surface area contributed by atoms with Gasteiger partial charge in [0.15, 0.2) is 0 Å². The van der Waals surface area contributed by atoms with Crippen molar-refractivity contribution in [1.29, 1.82) is 0 Å². The van der Waals surface area contributed by atoms with Crippen LogP contribution in [-0.4, -0.2) is 21.8 Å². The number of halogens is 4. The van der Waals surface area contributed by atoms with Gasteiger partial charge in [0.2, 0.25) is 5.82 Å². The van der Waals surface area contributed by atoms with Crippen LogP contribution in [0.1, 0.15) is 17.6 Å². The number of hydrogen-bond acceptors (Lipinski definition) is 5. The van der Waals surface area contributed by atoms with Crippen LogP contribution in [0.25, 0.3) is 11.4 Å². The molecule has 1 aromatic heterocycles. The highest BCUT2D eigenvalue weighted by molar-refractivity contribution is 9.10. The Morgan fingerprint density at radius 2 is 2.10 bits per heavy atom. The first-order valence-corrected chi connectivity index (χ1v) is 6.21. The third-order valence-corrected chi connectivity index (χ3v) is 2.97. The average Bonchev–Trinajstić information content (AvgIpc) is 2.86. The summed E-state index contributed by atoms with van der Waals surface area (Å²) in [6.07, 6.45) is -5.77. The Bertz CT molecular complexity index is 615. The maximum absolute atomic E-state index is 13.0. The van der Waals surface area contributed by atoms with E-state index < -0.39 is 17.8 Å². The summed E-state index contributed by atoms with van der Waals surface area (Å²) >= 11 is 2.98. The highest BCUT2D eigenvalue weighted by atomic mass is 79.9. The van der Waals surface area contributed by atoms with Gasteiger partial charge in [0.25, 0.3) is 5.89 Å². The van der Waals surface area contributed by atoms with Crippen molar-refractivity contribution in [3.8, 4) is 11.4 Å². The Morgan fingerprint density at radius 1 is 1.40 bits per heavy atom. The standard InChI is InChI=1S/C11H9BrF3N3O2/c12-5-1-2-6(7(3-5)11(13,14)15)9-17-10(20-18-9)8(19)4-16/h1-3,8,19H,4,16H2. The first kappa shape index (κ1) is 14.9. The fourth-order valence-electron chi connectivity index (χ4n) is 1.53. The van der Waals surface area contributed by atoms with Crippen molar-refractivity contribution < 1.29 is 22.8 Å². The zero-order chi connectivity index (χ0) is 14.9. The van der Waals surface area contributed by atoms with Crippen molar-refractivity contribution in [3.05, 3.63) is 34.1 Å². The molecular formula is C11H9BrF3N3O2. The van der Waals surface area contributed by atoms with Gasteiger partial charge in [-0.15, -0.1) is 0 Å². The van der Waals surface area contributed by atoms with Crippen LogP contribution in [0.15, 0.2) is 27.2 Å². The van der Waals surface area contributed by atoms with Gasteiger partial charge in [-0.3, -0.25) is 0 Å². The smallest absolute Gasteiger partial charge is 0.382 e. The molecule has 0 aliphatic rings. The molecule has 0 aliphatic heterocycles. The molecule has 0 spiro atoms. The van der Waals surface area contributed by atoms with Crippen LogP contribution < -0.4 is 5.73 Å². The Morgan fingerprint density at radius 3 is 2.70 bits per heavy atom. The lowest BCUT2D eigenvalue weighted by molar-refractivity contribution is -0.137. The molecule has 1 unspecified atom stereocenters. The van der Waals surface area contributed by atoms with Crippen LogP contribution in [0.3, 0.4) is 0 Å². The molecule has 0 aliphatic carbocycles. The molecule has 3 N–H and O–H groups in total. The van der Waals surface area contributed by atoms with Gasteiger partial charge in [-0.05, 0) is 18.2 Å². The molecule has 0 amide bonds. The quantitative estimate of drug-likeness (QED) is 0.887. The average molecular weight is 352 g/mol. The molecule has 2 rings (SSSR count). The zero-order valence-electron chi connectivity index (χ0n) is 9.86. The minimum atomic E-state index is -4.56. The molecule has 0 saturated heterocycles. The number of nitrogens with zero attached hydrogens (tertiary/aromatic N) is 2. The normalized spacial score (nSPS) is 13.5. The van der Waals surface area contributed by atoms with Crippen LogP contribution in [-0.2, 0) is 6.18 Å². The van der Waals surface area contributed by atoms with Gasteiger partial charge in [0.1, 0.15) is 6.10 Å². The molecule has 0 radical (unpaired) electrons. The van der Waals surface area contributed by atoms with E-state index in [1.807, 2.05) is 0 Å². The Labute approximate surface area is 119 Å². The molecule has 9 heteroatoms. The topological polar surface area (TPSA) is 85.2 Å². The molecule has 2 aromatic rings. The Hall–Kier alpha value is -1.45. The van der Waals surface area contributed by atoms with Crippen LogP contribution in [0.2, 0.25) is 0 Å². The predicted molar refractivity (Wildman–Crippen MR) is 66.5 cm³/mol. The Balaban J connectivity index is 2.50. The van der Waals surface area contributed by atoms with Crippen molar-refractivity contribution >= 4 is 15.9 Å². The van der Waals surface area contributed by atoms with Gasteiger partial charge < -0.3 is 15.4 Å². The maximum Gasteiger partial charge on any atom is 0.417 e. The molecule has 1 aromatic carbocycles. The van der Waals surface area contributed by atoms with Gasteiger partial charge in [0, 0.05) is 16.6 Å². The highest BCUT2D eigenvalue weighted by Crippen LogP contribution is 2.37. The van der Waals surface area contributed by atoms with Crippen LogP contribution in [0, 0.1) is 0 Å². The van der Waals surface area contributed by atoms with Crippen molar-refractivity contribution in [1.82, 2.24) is 10.1 Å². The SMILES string of the molecule is NCC(O)c1nc(-c2ccc(Br)cc2C(F)(F)F)no1. The second kappa shape index (κ2) is 5.51. The van der Waals surface area contributed by atoms with Crippen molar-refractivity contribution in [3.63, 3.8) is 0 Å². The van der Waals surface area contributed by atoms with Crippen LogP contribution in [0.4, 0.5) is 13.2 Å². The van der Waals surface area contributed by atoms with Crippen molar-refractivity contribution in [2.45, 2.75) is 12.3 Å². The lowest BCUT2D eigenvalue weighted by Crippen LogP contribution is -2.11. The third-order valence-electron chi connectivity index (χ3n) is 2.48. The number of aliphatic hydroxyl groups is 1. The summed E-state index contributed by atoms with van der Waals surface area (Å²) in [7, 11) is 0. The van der Waals surface area contributed by atoms with Crippen LogP contribution >= 0.6 is 15.9 Å². The summed E-state index contributed by atoms with van der Waals surface area (Å²) in [5, 5.41) is 12.9. The Kier molecular flexibility index (Phi) is 4.11. The number of aliphatic hydroxyl groups excluding tert-OH is 1. The lowest BCUT2D eigenvalue weighted by atomic mass is 10.1. The van der Waals surface area contributed by atoms with Crippen LogP contribution in [0.5, 0.6) is 0 Å². The second-order valence-electron chi connectivity index (χ2n) is 3.90. The minimum Gasteiger partial charge on any atom is -0.382 e. The molecule has 108 valence electrons. The number of alkyl halides is 3. The van der Waals surface area contributed by atoms with Gasteiger partial charge in [-0.25, -0.2) is 0 Å². The van der Waals surface area contributed by atoms with E-state index in [9.17, 15) is 18.3 Å². The molecule has 5 nitrogen and oxygen atoms in total. The first-order chi connectivity index (χ1) is 9.32. The van der Waals surface area contributed by atoms with E-state index in [-0.39, 0.29) is 28.3 Å². The van der Waals surface area contributed by atoms with E-state index in [4.69, 9.17) is 10.3 Å². The molecule has 0 bridgehead atoms. The first-order valence-electron chi connectivity index (χ1n) is 5.41. The number of aromatic nitrogens is 2. The van der Waals surface area contributed by atoms with Gasteiger partial charge in [0.05, 0.1) is 5.56 Å². The fraction of sp³-hybridized carbons (Fsp3) is 0.273. The van der Waals surface area contributed by atoms with E-state index in [0.717, 1.165) is 6.07 Å². The summed E-state index contributed by atoms with van der Waals surface area (Å²) in [4.78, 5) is 3.73. The van der Waals surface area contributed by atoms with E-state index in [2.05, 4.69) is 26.1 Å². The molecular weight excluding hydrogens is 343 g/mol. The molecule has 1 atom stereocenters. The summed E-state index contributed by atoms with van der Waals surface area (Å²) in [6, 6.07) is 3.57. The van der Waals surface area contributed by atoms with Gasteiger partial charge in [-0.2, -0.15) is 18.2 Å². The lowest BCUT2D eigenvalue weighted by Gasteiger charge is -2.10. The number of rotatable bonds is 3. The third kappa shape index (κ3) is 3.00. The van der Waals surface area contributed by atoms with E-state index in [1.54, 1.807) is 0 Å². The molecule has 20 heavy (non-hydrogen) atoms. The summed E-state index contributed by atoms with van der Waals surface area (Å²) in [6.45, 7) is -0.173. The van der Waals surface area contributed by atoms with Gasteiger partial charge >= 0.3 is 6.18 Å². The predicted octanol–water partition coefficient (Wildman–Crippen LogP) is 2.51. The van der Waals surface area contributed by atoms with E-state index in [1.165, 1.54) is 12.1 Å². The zero-order valence-corrected chi connectivity index (χ0v) is 11.4. The second-order valence-corrected chi connectivity index (χ2v) is 4.81. The molecule has 1 heterocycles. The highest BCUT2D eigenvalue weighted by Gasteiger charge is 2.35. The molecule has 0 fully saturated rings. The number of benzene rings is 1. The van der Waals surface area contributed by atoms with E-state index >= 15 is 0 Å². The monoisotopic (exact) mass is 351 g/mol. The largest absolute Gasteiger partial charge is 0.417 e.